The highest BCUT2D eigenvalue weighted by Crippen LogP contribution is 2.42. The monoisotopic (exact) mass is 434 g/mol. The third kappa shape index (κ3) is 3.91. The fourth-order valence-electron chi connectivity index (χ4n) is 4.56. The first-order valence-electron chi connectivity index (χ1n) is 10.7. The molecule has 0 spiro atoms. The number of nitrogens with zero attached hydrogens (tertiary/aromatic N) is 3. The minimum Gasteiger partial charge on any atom is -0.497 e. The average molecular weight is 435 g/mol. The van der Waals surface area contributed by atoms with E-state index in [0.29, 0.717) is 5.11 Å². The zero-order valence-electron chi connectivity index (χ0n) is 17.5. The number of rotatable bonds is 6. The Morgan fingerprint density at radius 3 is 2.90 bits per heavy atom. The number of hydrogen-bond acceptors (Lipinski definition) is 4. The van der Waals surface area contributed by atoms with Crippen molar-refractivity contribution < 1.29 is 9.47 Å². The van der Waals surface area contributed by atoms with E-state index >= 15 is 0 Å². The molecule has 3 atom stereocenters. The molecule has 4 heterocycles. The molecule has 31 heavy (non-hydrogen) atoms. The molecule has 0 bridgehead atoms. The first kappa shape index (κ1) is 20.0. The summed E-state index contributed by atoms with van der Waals surface area (Å²) in [4.78, 5) is 6.82. The first-order chi connectivity index (χ1) is 15.2. The lowest BCUT2D eigenvalue weighted by Crippen LogP contribution is -2.31. The summed E-state index contributed by atoms with van der Waals surface area (Å²) < 4.78 is 13.7. The average Bonchev–Trinajstić information content (AvgIpc) is 3.55. The summed E-state index contributed by atoms with van der Waals surface area (Å²) in [6.07, 6.45) is 6.45. The zero-order chi connectivity index (χ0) is 21.2. The fourth-order valence-corrected chi connectivity index (χ4v) is 4.91. The SMILES string of the molecule is COc1cccc(N2C(=S)N[C@H](c3ccccn3)[C@H]2c2cccn2C[C@@H]2CCCO2)c1. The maximum Gasteiger partial charge on any atom is 0.174 e. The summed E-state index contributed by atoms with van der Waals surface area (Å²) in [5.41, 5.74) is 3.14. The van der Waals surface area contributed by atoms with Gasteiger partial charge in [0.1, 0.15) is 11.8 Å². The highest BCUT2D eigenvalue weighted by Gasteiger charge is 2.42. The van der Waals surface area contributed by atoms with Crippen LogP contribution in [0.25, 0.3) is 0 Å². The highest BCUT2D eigenvalue weighted by atomic mass is 32.1. The second-order valence-electron chi connectivity index (χ2n) is 7.92. The standard InChI is InChI=1S/C24H26N4O2S/c1-29-18-8-4-7-17(15-18)28-23(22(26-24(28)31)20-10-2-3-12-25-20)21-11-5-13-27(21)16-19-9-6-14-30-19/h2-5,7-8,10-13,15,19,22-23H,6,9,14,16H2,1H3,(H,26,31)/t19-,22+,23+/m0/s1. The Morgan fingerprint density at radius 1 is 1.19 bits per heavy atom. The van der Waals surface area contributed by atoms with Gasteiger partial charge in [0.25, 0.3) is 0 Å². The second kappa shape index (κ2) is 8.69. The van der Waals surface area contributed by atoms with Crippen LogP contribution in [0.5, 0.6) is 5.75 Å². The number of hydrogen-bond donors (Lipinski definition) is 1. The largest absolute Gasteiger partial charge is 0.497 e. The van der Waals surface area contributed by atoms with E-state index in [1.807, 2.05) is 36.5 Å². The molecule has 2 aliphatic rings. The van der Waals surface area contributed by atoms with Crippen molar-refractivity contribution >= 4 is 23.0 Å². The van der Waals surface area contributed by atoms with Crippen LogP contribution >= 0.6 is 12.2 Å². The van der Waals surface area contributed by atoms with Crippen LogP contribution in [-0.2, 0) is 11.3 Å². The number of pyridine rings is 1. The normalized spacial score (nSPS) is 23.2. The van der Waals surface area contributed by atoms with Crippen LogP contribution in [0, 0.1) is 0 Å². The van der Waals surface area contributed by atoms with Gasteiger partial charge in [-0.2, -0.15) is 0 Å². The van der Waals surface area contributed by atoms with E-state index in [4.69, 9.17) is 21.7 Å². The van der Waals surface area contributed by atoms with E-state index in [-0.39, 0.29) is 18.2 Å². The number of ether oxygens (including phenoxy) is 2. The molecule has 0 aliphatic carbocycles. The van der Waals surface area contributed by atoms with Gasteiger partial charge in [-0.15, -0.1) is 0 Å². The molecule has 0 radical (unpaired) electrons. The summed E-state index contributed by atoms with van der Waals surface area (Å²) in [6.45, 7) is 1.69. The molecule has 0 amide bonds. The van der Waals surface area contributed by atoms with Crippen molar-refractivity contribution in [2.24, 2.45) is 0 Å². The number of methoxy groups -OCH3 is 1. The third-order valence-corrected chi connectivity index (χ3v) is 6.34. The van der Waals surface area contributed by atoms with Crippen LogP contribution in [0.4, 0.5) is 5.69 Å². The van der Waals surface area contributed by atoms with Gasteiger partial charge in [-0.05, 0) is 61.5 Å². The molecular weight excluding hydrogens is 408 g/mol. The van der Waals surface area contributed by atoms with Gasteiger partial charge in [0.15, 0.2) is 5.11 Å². The predicted molar refractivity (Wildman–Crippen MR) is 124 cm³/mol. The van der Waals surface area contributed by atoms with Gasteiger partial charge in [0, 0.05) is 43.0 Å². The number of aromatic nitrogens is 2. The van der Waals surface area contributed by atoms with E-state index < -0.39 is 0 Å². The minimum atomic E-state index is -0.0713. The van der Waals surface area contributed by atoms with Crippen LogP contribution in [0.2, 0.25) is 0 Å². The number of nitrogens with one attached hydrogen (secondary N) is 1. The predicted octanol–water partition coefficient (Wildman–Crippen LogP) is 4.25. The molecule has 1 N–H and O–H groups in total. The summed E-state index contributed by atoms with van der Waals surface area (Å²) in [7, 11) is 1.68. The lowest BCUT2D eigenvalue weighted by atomic mass is 10.0. The molecule has 3 aromatic rings. The van der Waals surface area contributed by atoms with E-state index in [2.05, 4.69) is 50.2 Å². The van der Waals surface area contributed by atoms with Crippen molar-refractivity contribution in [1.29, 1.82) is 0 Å². The zero-order valence-corrected chi connectivity index (χ0v) is 18.3. The van der Waals surface area contributed by atoms with Crippen molar-refractivity contribution in [3.8, 4) is 5.75 Å². The van der Waals surface area contributed by atoms with Crippen LogP contribution in [0.3, 0.4) is 0 Å². The van der Waals surface area contributed by atoms with Crippen LogP contribution in [0.1, 0.15) is 36.3 Å². The Bertz CT molecular complexity index is 1050. The molecule has 5 rings (SSSR count). The molecule has 0 saturated carbocycles. The Labute approximate surface area is 187 Å². The van der Waals surface area contributed by atoms with Crippen LogP contribution in [0.15, 0.2) is 67.0 Å². The number of benzene rings is 1. The molecule has 2 aliphatic heterocycles. The maximum absolute atomic E-state index is 5.91. The van der Waals surface area contributed by atoms with Crippen LogP contribution in [-0.4, -0.2) is 34.5 Å². The molecule has 2 saturated heterocycles. The van der Waals surface area contributed by atoms with E-state index in [0.717, 1.165) is 43.1 Å². The molecular formula is C24H26N4O2S. The van der Waals surface area contributed by atoms with Gasteiger partial charge >= 0.3 is 0 Å². The quantitative estimate of drug-likeness (QED) is 0.586. The fraction of sp³-hybridized carbons (Fsp3) is 0.333. The van der Waals surface area contributed by atoms with E-state index in [9.17, 15) is 0 Å². The summed E-state index contributed by atoms with van der Waals surface area (Å²) in [5, 5.41) is 4.20. The van der Waals surface area contributed by atoms with Crippen molar-refractivity contribution in [2.75, 3.05) is 18.6 Å². The third-order valence-electron chi connectivity index (χ3n) is 6.02. The van der Waals surface area contributed by atoms with Gasteiger partial charge < -0.3 is 24.3 Å². The lowest BCUT2D eigenvalue weighted by molar-refractivity contribution is 0.0961. The van der Waals surface area contributed by atoms with Gasteiger partial charge in [0.2, 0.25) is 0 Å². The maximum atomic E-state index is 5.91. The molecule has 2 fully saturated rings. The second-order valence-corrected chi connectivity index (χ2v) is 8.31. The van der Waals surface area contributed by atoms with Gasteiger partial charge in [-0.1, -0.05) is 12.1 Å². The van der Waals surface area contributed by atoms with Crippen molar-refractivity contribution in [1.82, 2.24) is 14.9 Å². The topological polar surface area (TPSA) is 51.5 Å². The Morgan fingerprint density at radius 2 is 2.13 bits per heavy atom. The van der Waals surface area contributed by atoms with Crippen molar-refractivity contribution in [2.45, 2.75) is 37.6 Å². The van der Waals surface area contributed by atoms with E-state index in [1.165, 1.54) is 5.69 Å². The number of anilines is 1. The summed E-state index contributed by atoms with van der Waals surface area (Å²) >= 11 is 5.83. The Balaban J connectivity index is 1.58. The molecule has 1 aromatic carbocycles. The van der Waals surface area contributed by atoms with Crippen molar-refractivity contribution in [3.63, 3.8) is 0 Å². The van der Waals surface area contributed by atoms with Crippen molar-refractivity contribution in [3.05, 3.63) is 78.4 Å². The molecule has 0 unspecified atom stereocenters. The first-order valence-corrected chi connectivity index (χ1v) is 11.1. The Kier molecular flexibility index (Phi) is 5.61. The number of thiocarbonyl (C=S) groups is 1. The minimum absolute atomic E-state index is 0.0501. The summed E-state index contributed by atoms with van der Waals surface area (Å²) in [5.74, 6) is 0.801. The van der Waals surface area contributed by atoms with E-state index in [1.54, 1.807) is 7.11 Å². The molecule has 6 nitrogen and oxygen atoms in total. The van der Waals surface area contributed by atoms with Gasteiger partial charge in [-0.25, -0.2) is 0 Å². The lowest BCUT2D eigenvalue weighted by Gasteiger charge is -2.29. The molecule has 160 valence electrons. The summed E-state index contributed by atoms with van der Waals surface area (Å²) in [6, 6.07) is 18.2. The highest BCUT2D eigenvalue weighted by molar-refractivity contribution is 7.80. The van der Waals surface area contributed by atoms with Crippen LogP contribution < -0.4 is 15.0 Å². The Hall–Kier alpha value is -2.90. The molecule has 7 heteroatoms. The van der Waals surface area contributed by atoms with Gasteiger partial charge in [-0.3, -0.25) is 4.98 Å². The van der Waals surface area contributed by atoms with Gasteiger partial charge in [0.05, 0.1) is 24.9 Å². The molecule has 2 aromatic heterocycles. The smallest absolute Gasteiger partial charge is 0.174 e.